The van der Waals surface area contributed by atoms with Crippen molar-refractivity contribution in [1.29, 1.82) is 0 Å². The number of amides is 2. The van der Waals surface area contributed by atoms with Crippen molar-refractivity contribution in [1.82, 2.24) is 20.4 Å². The molecule has 8 nitrogen and oxygen atoms in total. The molecule has 1 saturated carbocycles. The highest BCUT2D eigenvalue weighted by Gasteiger charge is 2.32. The van der Waals surface area contributed by atoms with Gasteiger partial charge in [-0.15, -0.1) is 24.0 Å². The van der Waals surface area contributed by atoms with Gasteiger partial charge in [0.15, 0.2) is 5.96 Å². The number of hydrogen-bond donors (Lipinski definition) is 2. The third kappa shape index (κ3) is 8.47. The summed E-state index contributed by atoms with van der Waals surface area (Å²) in [6, 6.07) is 0.208. The molecule has 2 rings (SSSR count). The number of nitrogens with zero attached hydrogens (tertiary/aromatic N) is 3. The number of carbonyl (C=O) groups is 2. The van der Waals surface area contributed by atoms with Crippen molar-refractivity contribution in [3.8, 4) is 0 Å². The Kier molecular flexibility index (Phi) is 11.2. The number of hydrogen-bond acceptors (Lipinski definition) is 4. The smallest absolute Gasteiger partial charge is 0.410 e. The molecule has 174 valence electrons. The quantitative estimate of drug-likeness (QED) is 0.309. The largest absolute Gasteiger partial charge is 0.444 e. The van der Waals surface area contributed by atoms with Crippen LogP contribution in [-0.2, 0) is 9.53 Å². The minimum atomic E-state index is -0.500. The number of halogens is 1. The maximum Gasteiger partial charge on any atom is 0.410 e. The highest BCUT2D eigenvalue weighted by molar-refractivity contribution is 14.0. The zero-order valence-electron chi connectivity index (χ0n) is 19.2. The molecule has 0 aromatic heterocycles. The Balaban J connectivity index is 0.00000450. The summed E-state index contributed by atoms with van der Waals surface area (Å²) in [4.78, 5) is 32.8. The van der Waals surface area contributed by atoms with Gasteiger partial charge in [0.2, 0.25) is 5.91 Å². The highest BCUT2D eigenvalue weighted by Crippen LogP contribution is 2.27. The third-order valence-corrected chi connectivity index (χ3v) is 5.48. The molecule has 30 heavy (non-hydrogen) atoms. The molecule has 2 fully saturated rings. The lowest BCUT2D eigenvalue weighted by Gasteiger charge is -2.27. The predicted molar refractivity (Wildman–Crippen MR) is 130 cm³/mol. The molecule has 9 heteroatoms. The summed E-state index contributed by atoms with van der Waals surface area (Å²) in [5.41, 5.74) is -0.500. The van der Waals surface area contributed by atoms with Crippen LogP contribution in [0.2, 0.25) is 0 Å². The molecule has 1 aliphatic carbocycles. The topological polar surface area (TPSA) is 86.3 Å². The summed E-state index contributed by atoms with van der Waals surface area (Å²) < 4.78 is 5.43. The first kappa shape index (κ1) is 26.8. The van der Waals surface area contributed by atoms with E-state index in [0.29, 0.717) is 31.5 Å². The first-order valence-electron chi connectivity index (χ1n) is 11.0. The molecule has 2 N–H and O–H groups in total. The second-order valence-electron chi connectivity index (χ2n) is 8.95. The van der Waals surface area contributed by atoms with Crippen molar-refractivity contribution in [3.05, 3.63) is 0 Å². The Morgan fingerprint density at radius 1 is 1.20 bits per heavy atom. The lowest BCUT2D eigenvalue weighted by molar-refractivity contribution is -0.134. The van der Waals surface area contributed by atoms with E-state index >= 15 is 0 Å². The van der Waals surface area contributed by atoms with Gasteiger partial charge in [0, 0.05) is 51.7 Å². The average Bonchev–Trinajstić information content (AvgIpc) is 3.34. The van der Waals surface area contributed by atoms with Crippen molar-refractivity contribution >= 4 is 41.9 Å². The molecule has 1 aliphatic heterocycles. The summed E-state index contributed by atoms with van der Waals surface area (Å²) in [7, 11) is 1.73. The predicted octanol–water partition coefficient (Wildman–Crippen LogP) is 2.82. The molecule has 1 atom stereocenters. The van der Waals surface area contributed by atoms with Crippen LogP contribution in [0.15, 0.2) is 4.99 Å². The Labute approximate surface area is 198 Å². The number of likely N-dealkylation sites (tertiary alicyclic amines) is 1. The summed E-state index contributed by atoms with van der Waals surface area (Å²) in [5.74, 6) is 1.26. The molecule has 1 heterocycles. The van der Waals surface area contributed by atoms with E-state index < -0.39 is 5.60 Å². The molecule has 1 saturated heterocycles. The van der Waals surface area contributed by atoms with E-state index in [-0.39, 0.29) is 42.0 Å². The second-order valence-corrected chi connectivity index (χ2v) is 8.95. The molecule has 0 radical (unpaired) electrons. The first-order valence-corrected chi connectivity index (χ1v) is 11.0. The first-order chi connectivity index (χ1) is 13.7. The highest BCUT2D eigenvalue weighted by atomic mass is 127. The van der Waals surface area contributed by atoms with Crippen LogP contribution in [0.1, 0.15) is 59.8 Å². The number of ether oxygens (including phenoxy) is 1. The van der Waals surface area contributed by atoms with Crippen LogP contribution < -0.4 is 10.6 Å². The van der Waals surface area contributed by atoms with Gasteiger partial charge in [-0.2, -0.15) is 0 Å². The monoisotopic (exact) mass is 537 g/mol. The van der Waals surface area contributed by atoms with Gasteiger partial charge in [-0.25, -0.2) is 4.79 Å². The van der Waals surface area contributed by atoms with Crippen LogP contribution in [0.5, 0.6) is 0 Å². The summed E-state index contributed by atoms with van der Waals surface area (Å²) >= 11 is 0. The zero-order chi connectivity index (χ0) is 21.4. The van der Waals surface area contributed by atoms with E-state index in [9.17, 15) is 9.59 Å². The van der Waals surface area contributed by atoms with Crippen molar-refractivity contribution in [2.45, 2.75) is 71.4 Å². The molecule has 2 aliphatic rings. The summed E-state index contributed by atoms with van der Waals surface area (Å²) in [5, 5.41) is 6.67. The number of guanidine groups is 1. The van der Waals surface area contributed by atoms with Crippen molar-refractivity contribution in [2.24, 2.45) is 10.9 Å². The Hall–Kier alpha value is -1.26. The maximum absolute atomic E-state index is 12.6. The van der Waals surface area contributed by atoms with E-state index in [0.717, 1.165) is 32.4 Å². The molecule has 0 aromatic carbocycles. The number of rotatable bonds is 6. The van der Waals surface area contributed by atoms with E-state index in [1.807, 2.05) is 32.6 Å². The lowest BCUT2D eigenvalue weighted by atomic mass is 10.1. The van der Waals surface area contributed by atoms with Gasteiger partial charge < -0.3 is 25.2 Å². The fraction of sp³-hybridized carbons (Fsp3) is 0.857. The van der Waals surface area contributed by atoms with Gasteiger partial charge in [-0.1, -0.05) is 12.8 Å². The van der Waals surface area contributed by atoms with Gasteiger partial charge in [0.25, 0.3) is 0 Å². The zero-order valence-corrected chi connectivity index (χ0v) is 21.5. The van der Waals surface area contributed by atoms with Crippen LogP contribution in [0.4, 0.5) is 4.79 Å². The van der Waals surface area contributed by atoms with E-state index in [2.05, 4.69) is 15.6 Å². The molecular formula is C21H40IN5O3. The van der Waals surface area contributed by atoms with Crippen molar-refractivity contribution in [2.75, 3.05) is 39.8 Å². The fourth-order valence-electron chi connectivity index (χ4n) is 3.91. The third-order valence-electron chi connectivity index (χ3n) is 5.48. The van der Waals surface area contributed by atoms with Crippen LogP contribution in [0.3, 0.4) is 0 Å². The molecule has 0 bridgehead atoms. The maximum atomic E-state index is 12.6. The Morgan fingerprint density at radius 2 is 1.87 bits per heavy atom. The van der Waals surface area contributed by atoms with E-state index in [1.54, 1.807) is 11.9 Å². The van der Waals surface area contributed by atoms with Crippen molar-refractivity contribution < 1.29 is 14.3 Å². The van der Waals surface area contributed by atoms with Crippen LogP contribution in [-0.4, -0.2) is 79.2 Å². The standard InChI is InChI=1S/C21H39N5O3.HI/c1-6-25(20(28)29-21(2,3)4)14-12-23-19(22-5)24-17-11-13-26(15-17)18(27)16-9-7-8-10-16;/h16-17H,6-15H2,1-5H3,(H2,22,23,24);1H. The minimum absolute atomic E-state index is 0. The molecular weight excluding hydrogens is 497 g/mol. The molecule has 0 aromatic rings. The SMILES string of the molecule is CCN(CCNC(=NC)NC1CCN(C(=O)C2CCCC2)C1)C(=O)OC(C)(C)C.I. The summed E-state index contributed by atoms with van der Waals surface area (Å²) in [6.45, 7) is 10.8. The van der Waals surface area contributed by atoms with E-state index in [1.165, 1.54) is 12.8 Å². The molecule has 1 unspecified atom stereocenters. The molecule has 0 spiro atoms. The fourth-order valence-corrected chi connectivity index (χ4v) is 3.91. The number of aliphatic imine (C=N–C) groups is 1. The Bertz CT molecular complexity index is 588. The van der Waals surface area contributed by atoms with Gasteiger partial charge in [0.1, 0.15) is 5.60 Å². The average molecular weight is 537 g/mol. The van der Waals surface area contributed by atoms with Gasteiger partial charge in [-0.05, 0) is 47.0 Å². The molecule has 2 amide bonds. The normalized spacial score (nSPS) is 20.0. The van der Waals surface area contributed by atoms with Gasteiger partial charge in [-0.3, -0.25) is 9.79 Å². The van der Waals surface area contributed by atoms with Gasteiger partial charge >= 0.3 is 6.09 Å². The van der Waals surface area contributed by atoms with Crippen LogP contribution >= 0.6 is 24.0 Å². The number of carbonyl (C=O) groups excluding carboxylic acids is 2. The number of nitrogens with one attached hydrogen (secondary N) is 2. The van der Waals surface area contributed by atoms with Crippen LogP contribution in [0, 0.1) is 5.92 Å². The van der Waals surface area contributed by atoms with Gasteiger partial charge in [0.05, 0.1) is 0 Å². The number of likely N-dealkylation sites (N-methyl/N-ethyl adjacent to an activating group) is 1. The van der Waals surface area contributed by atoms with E-state index in [4.69, 9.17) is 4.74 Å². The second kappa shape index (κ2) is 12.6. The minimum Gasteiger partial charge on any atom is -0.444 e. The Morgan fingerprint density at radius 3 is 2.43 bits per heavy atom. The summed E-state index contributed by atoms with van der Waals surface area (Å²) in [6.07, 6.45) is 5.07. The van der Waals surface area contributed by atoms with Crippen LogP contribution in [0.25, 0.3) is 0 Å². The lowest BCUT2D eigenvalue weighted by Crippen LogP contribution is -2.48. The van der Waals surface area contributed by atoms with Crippen molar-refractivity contribution in [3.63, 3.8) is 0 Å².